The lowest BCUT2D eigenvalue weighted by atomic mass is 9.87. The molecule has 2 amide bonds. The van der Waals surface area contributed by atoms with Crippen molar-refractivity contribution in [1.82, 2.24) is 15.4 Å². The Morgan fingerprint density at radius 2 is 1.88 bits per heavy atom. The van der Waals surface area contributed by atoms with Gasteiger partial charge in [0.05, 0.1) is 5.69 Å². The first-order valence-electron chi connectivity index (χ1n) is 9.73. The van der Waals surface area contributed by atoms with Crippen LogP contribution in [0.4, 0.5) is 0 Å². The molecule has 1 aliphatic carbocycles. The maximum Gasteiger partial charge on any atom is 0.229 e. The number of aryl methyl sites for hydroxylation is 1. The minimum atomic E-state index is 0.0127. The number of carbonyl (C=O) groups is 2. The summed E-state index contributed by atoms with van der Waals surface area (Å²) in [6.07, 6.45) is 8.26. The van der Waals surface area contributed by atoms with Crippen molar-refractivity contribution >= 4 is 23.4 Å². The van der Waals surface area contributed by atoms with E-state index in [0.29, 0.717) is 18.7 Å². The standard InChI is InChI=1S/C19H28ClN3O3/c1-13-16(18(20)26-22-13)7-8-17(24)21-15-9-11-23(12-10-15)19(25)14-5-3-2-4-6-14/h14-15H,2-12H2,1H3,(H,21,24). The number of hydrogen-bond donors (Lipinski definition) is 1. The molecule has 144 valence electrons. The van der Waals surface area contributed by atoms with E-state index in [-0.39, 0.29) is 23.1 Å². The monoisotopic (exact) mass is 381 g/mol. The van der Waals surface area contributed by atoms with Gasteiger partial charge < -0.3 is 14.7 Å². The molecular formula is C19H28ClN3O3. The van der Waals surface area contributed by atoms with E-state index in [0.717, 1.165) is 50.0 Å². The molecule has 1 aromatic rings. The van der Waals surface area contributed by atoms with Crippen molar-refractivity contribution in [2.24, 2.45) is 5.92 Å². The van der Waals surface area contributed by atoms with Crippen molar-refractivity contribution in [3.63, 3.8) is 0 Å². The quantitative estimate of drug-likeness (QED) is 0.849. The Hall–Kier alpha value is -1.56. The highest BCUT2D eigenvalue weighted by Gasteiger charge is 2.29. The zero-order valence-electron chi connectivity index (χ0n) is 15.4. The second-order valence-corrected chi connectivity index (χ2v) is 7.87. The smallest absolute Gasteiger partial charge is 0.229 e. The molecule has 0 atom stereocenters. The molecule has 1 aromatic heterocycles. The van der Waals surface area contributed by atoms with Crippen LogP contribution in [0, 0.1) is 12.8 Å². The predicted octanol–water partition coefficient (Wildman–Crippen LogP) is 3.26. The van der Waals surface area contributed by atoms with Crippen molar-refractivity contribution < 1.29 is 14.1 Å². The Balaban J connectivity index is 1.39. The zero-order chi connectivity index (χ0) is 18.5. The van der Waals surface area contributed by atoms with Crippen LogP contribution >= 0.6 is 11.6 Å². The van der Waals surface area contributed by atoms with Gasteiger partial charge in [0, 0.05) is 37.0 Å². The highest BCUT2D eigenvalue weighted by molar-refractivity contribution is 6.29. The molecule has 0 spiro atoms. The molecule has 0 bridgehead atoms. The Morgan fingerprint density at radius 1 is 1.19 bits per heavy atom. The Kier molecular flexibility index (Phi) is 6.57. The number of carbonyl (C=O) groups excluding carboxylic acids is 2. The van der Waals surface area contributed by atoms with Gasteiger partial charge in [-0.25, -0.2) is 0 Å². The molecule has 3 rings (SSSR count). The first-order valence-corrected chi connectivity index (χ1v) is 10.1. The number of likely N-dealkylation sites (tertiary alicyclic amines) is 1. The second kappa shape index (κ2) is 8.89. The Labute approximate surface area is 159 Å². The number of rotatable bonds is 5. The summed E-state index contributed by atoms with van der Waals surface area (Å²) in [5.74, 6) is 0.567. The molecule has 2 aliphatic rings. The summed E-state index contributed by atoms with van der Waals surface area (Å²) in [4.78, 5) is 26.8. The van der Waals surface area contributed by atoms with Gasteiger partial charge >= 0.3 is 0 Å². The normalized spacial score (nSPS) is 19.5. The van der Waals surface area contributed by atoms with Crippen LogP contribution in [0.2, 0.25) is 5.22 Å². The molecule has 2 fully saturated rings. The summed E-state index contributed by atoms with van der Waals surface area (Å²) < 4.78 is 4.91. The highest BCUT2D eigenvalue weighted by Crippen LogP contribution is 2.26. The van der Waals surface area contributed by atoms with E-state index in [9.17, 15) is 9.59 Å². The second-order valence-electron chi connectivity index (χ2n) is 7.52. The lowest BCUT2D eigenvalue weighted by molar-refractivity contribution is -0.137. The maximum absolute atomic E-state index is 12.6. The number of nitrogens with zero attached hydrogens (tertiary/aromatic N) is 2. The van der Waals surface area contributed by atoms with Gasteiger partial charge in [0.1, 0.15) is 0 Å². The average molecular weight is 382 g/mol. The number of piperidine rings is 1. The van der Waals surface area contributed by atoms with Gasteiger partial charge in [-0.3, -0.25) is 9.59 Å². The van der Waals surface area contributed by atoms with E-state index in [1.54, 1.807) is 0 Å². The van der Waals surface area contributed by atoms with Gasteiger partial charge in [0.15, 0.2) is 0 Å². The van der Waals surface area contributed by atoms with E-state index in [2.05, 4.69) is 10.5 Å². The van der Waals surface area contributed by atoms with E-state index < -0.39 is 0 Å². The molecule has 26 heavy (non-hydrogen) atoms. The van der Waals surface area contributed by atoms with Crippen LogP contribution < -0.4 is 5.32 Å². The van der Waals surface area contributed by atoms with Crippen LogP contribution in [0.15, 0.2) is 4.52 Å². The summed E-state index contributed by atoms with van der Waals surface area (Å²) in [6, 6.07) is 0.150. The summed E-state index contributed by atoms with van der Waals surface area (Å²) in [5, 5.41) is 7.15. The van der Waals surface area contributed by atoms with E-state index in [1.807, 2.05) is 11.8 Å². The topological polar surface area (TPSA) is 75.4 Å². The zero-order valence-corrected chi connectivity index (χ0v) is 16.2. The van der Waals surface area contributed by atoms with Crippen LogP contribution in [0.1, 0.15) is 62.6 Å². The Morgan fingerprint density at radius 3 is 2.50 bits per heavy atom. The van der Waals surface area contributed by atoms with Crippen LogP contribution in [0.3, 0.4) is 0 Å². The number of aromatic nitrogens is 1. The molecular weight excluding hydrogens is 354 g/mol. The molecule has 0 unspecified atom stereocenters. The third-order valence-electron chi connectivity index (χ3n) is 5.66. The molecule has 6 nitrogen and oxygen atoms in total. The predicted molar refractivity (Wildman–Crippen MR) is 98.9 cm³/mol. The number of hydrogen-bond acceptors (Lipinski definition) is 4. The van der Waals surface area contributed by atoms with Crippen molar-refractivity contribution in [1.29, 1.82) is 0 Å². The fraction of sp³-hybridized carbons (Fsp3) is 0.737. The van der Waals surface area contributed by atoms with Crippen LogP contribution in [0.5, 0.6) is 0 Å². The molecule has 1 saturated heterocycles. The number of nitrogens with one attached hydrogen (secondary N) is 1. The van der Waals surface area contributed by atoms with Gasteiger partial charge in [-0.15, -0.1) is 0 Å². The summed E-state index contributed by atoms with van der Waals surface area (Å²) in [6.45, 7) is 3.31. The van der Waals surface area contributed by atoms with Crippen molar-refractivity contribution in [3.05, 3.63) is 16.5 Å². The molecule has 0 aromatic carbocycles. The van der Waals surface area contributed by atoms with Crippen molar-refractivity contribution in [3.8, 4) is 0 Å². The first-order chi connectivity index (χ1) is 12.5. The molecule has 1 saturated carbocycles. The number of amides is 2. The van der Waals surface area contributed by atoms with E-state index >= 15 is 0 Å². The highest BCUT2D eigenvalue weighted by atomic mass is 35.5. The van der Waals surface area contributed by atoms with Crippen molar-refractivity contribution in [2.75, 3.05) is 13.1 Å². The molecule has 7 heteroatoms. The SMILES string of the molecule is Cc1noc(Cl)c1CCC(=O)NC1CCN(C(=O)C2CCCCC2)CC1. The fourth-order valence-electron chi connectivity index (χ4n) is 4.03. The average Bonchev–Trinajstić information content (AvgIpc) is 2.98. The van der Waals surface area contributed by atoms with Crippen LogP contribution in [-0.2, 0) is 16.0 Å². The third-order valence-corrected chi connectivity index (χ3v) is 5.96. The van der Waals surface area contributed by atoms with Gasteiger partial charge in [-0.2, -0.15) is 0 Å². The van der Waals surface area contributed by atoms with Crippen LogP contribution in [-0.4, -0.2) is 41.0 Å². The summed E-state index contributed by atoms with van der Waals surface area (Å²) in [7, 11) is 0. The first kappa shape index (κ1) is 19.2. The van der Waals surface area contributed by atoms with Gasteiger partial charge in [0.25, 0.3) is 0 Å². The lowest BCUT2D eigenvalue weighted by Crippen LogP contribution is -2.48. The minimum absolute atomic E-state index is 0.0127. The lowest BCUT2D eigenvalue weighted by Gasteiger charge is -2.35. The van der Waals surface area contributed by atoms with E-state index in [4.69, 9.17) is 16.1 Å². The van der Waals surface area contributed by atoms with Crippen LogP contribution in [0.25, 0.3) is 0 Å². The van der Waals surface area contributed by atoms with Gasteiger partial charge in [-0.1, -0.05) is 24.4 Å². The van der Waals surface area contributed by atoms with Gasteiger partial charge in [-0.05, 0) is 50.6 Å². The van der Waals surface area contributed by atoms with Gasteiger partial charge in [0.2, 0.25) is 17.0 Å². The largest absolute Gasteiger partial charge is 0.353 e. The molecule has 1 N–H and O–H groups in total. The molecule has 1 aliphatic heterocycles. The maximum atomic E-state index is 12.6. The summed E-state index contributed by atoms with van der Waals surface area (Å²) >= 11 is 5.93. The summed E-state index contributed by atoms with van der Waals surface area (Å²) in [5.41, 5.74) is 1.53. The third kappa shape index (κ3) is 4.78. The molecule has 2 heterocycles. The Bertz CT molecular complexity index is 612. The number of halogens is 1. The van der Waals surface area contributed by atoms with Crippen molar-refractivity contribution in [2.45, 2.75) is 70.8 Å². The van der Waals surface area contributed by atoms with E-state index in [1.165, 1.54) is 19.3 Å². The fourth-order valence-corrected chi connectivity index (χ4v) is 4.30. The minimum Gasteiger partial charge on any atom is -0.353 e. The molecule has 0 radical (unpaired) electrons.